The predicted molar refractivity (Wildman–Crippen MR) is 160 cm³/mol. The van der Waals surface area contributed by atoms with Crippen LogP contribution in [0.25, 0.3) is 0 Å². The molecule has 0 rings (SSSR count). The molecule has 39 heavy (non-hydrogen) atoms. The van der Waals surface area contributed by atoms with Crippen LogP contribution in [0, 0.1) is 0 Å². The molecular weight excluding hydrogens is 492 g/mol. The molecule has 0 aliphatic rings. The molecule has 226 valence electrons. The second kappa shape index (κ2) is 27.4. The highest BCUT2D eigenvalue weighted by Crippen LogP contribution is 2.15. The summed E-state index contributed by atoms with van der Waals surface area (Å²) in [6.45, 7) is 4.71. The molecule has 7 nitrogen and oxygen atoms in total. The van der Waals surface area contributed by atoms with E-state index in [-0.39, 0.29) is 18.0 Å². The van der Waals surface area contributed by atoms with Crippen LogP contribution in [-0.4, -0.2) is 41.6 Å². The summed E-state index contributed by atoms with van der Waals surface area (Å²) >= 11 is 0. The average molecular weight is 551 g/mol. The maximum atomic E-state index is 12.3. The summed E-state index contributed by atoms with van der Waals surface area (Å²) in [7, 11) is 0. The molecule has 0 aromatic carbocycles. The van der Waals surface area contributed by atoms with Gasteiger partial charge in [0.2, 0.25) is 5.91 Å². The van der Waals surface area contributed by atoms with Crippen LogP contribution >= 0.6 is 0 Å². The normalized spacial score (nSPS) is 13.1. The fourth-order valence-electron chi connectivity index (χ4n) is 4.40. The van der Waals surface area contributed by atoms with E-state index in [2.05, 4.69) is 43.5 Å². The van der Waals surface area contributed by atoms with Gasteiger partial charge in [-0.1, -0.05) is 83.1 Å². The topological polar surface area (TPSA) is 119 Å². The number of ether oxygens (including phenoxy) is 1. The number of hydrogen-bond acceptors (Lipinski definition) is 5. The molecule has 0 saturated heterocycles. The number of hydrogen-bond donors (Lipinski definition) is 3. The number of esters is 1. The van der Waals surface area contributed by atoms with Crippen molar-refractivity contribution in [3.63, 3.8) is 0 Å². The summed E-state index contributed by atoms with van der Waals surface area (Å²) in [5.41, 5.74) is 5.43. The van der Waals surface area contributed by atoms with Gasteiger partial charge >= 0.3 is 11.9 Å². The lowest BCUT2D eigenvalue weighted by Gasteiger charge is -2.17. The van der Waals surface area contributed by atoms with Crippen LogP contribution in [0.1, 0.15) is 142 Å². The van der Waals surface area contributed by atoms with Gasteiger partial charge in [0.1, 0.15) is 12.1 Å². The van der Waals surface area contributed by atoms with Gasteiger partial charge < -0.3 is 20.9 Å². The van der Waals surface area contributed by atoms with Crippen LogP contribution in [0.5, 0.6) is 0 Å². The number of allylic oxidation sites excluding steroid dienone is 4. The first-order valence-corrected chi connectivity index (χ1v) is 15.7. The quantitative estimate of drug-likeness (QED) is 0.0558. The third-order valence-corrected chi connectivity index (χ3v) is 6.75. The summed E-state index contributed by atoms with van der Waals surface area (Å²) in [6.07, 6.45) is 27.1. The monoisotopic (exact) mass is 550 g/mol. The van der Waals surface area contributed by atoms with Crippen LogP contribution in [0.4, 0.5) is 0 Å². The Kier molecular flexibility index (Phi) is 25.9. The van der Waals surface area contributed by atoms with Crippen LogP contribution in [0.2, 0.25) is 0 Å². The fraction of sp³-hybridized carbons (Fsp3) is 0.781. The SMILES string of the molecule is CCCC/C=C\C/C=C\CCCCCCCC(=O)OC(CCC)CCCCCC(=O)NC(CCCN)C(=O)O. The summed E-state index contributed by atoms with van der Waals surface area (Å²) in [5.74, 6) is -1.36. The number of carboxylic acid groups (broad SMARTS) is 1. The Balaban J connectivity index is 3.89. The van der Waals surface area contributed by atoms with Crippen LogP contribution in [-0.2, 0) is 19.1 Å². The standard InChI is InChI=1S/C32H58N2O5/c1-3-5-6-7-8-9-10-11-12-13-14-15-16-20-26-31(36)39-28(22-4-2)23-18-17-19-25-30(35)34-29(32(37)38)24-21-27-33/h7-8,10-11,28-29H,3-6,9,12-27,33H2,1-2H3,(H,34,35)(H,37,38)/b8-7-,11-10-. The molecule has 0 saturated carbocycles. The maximum absolute atomic E-state index is 12.3. The highest BCUT2D eigenvalue weighted by Gasteiger charge is 2.19. The van der Waals surface area contributed by atoms with Crippen molar-refractivity contribution in [2.24, 2.45) is 5.73 Å². The molecule has 0 heterocycles. The van der Waals surface area contributed by atoms with E-state index < -0.39 is 12.0 Å². The van der Waals surface area contributed by atoms with Gasteiger partial charge in [0.25, 0.3) is 0 Å². The lowest BCUT2D eigenvalue weighted by Crippen LogP contribution is -2.40. The fourth-order valence-corrected chi connectivity index (χ4v) is 4.40. The van der Waals surface area contributed by atoms with E-state index in [0.29, 0.717) is 38.6 Å². The van der Waals surface area contributed by atoms with Crippen molar-refractivity contribution >= 4 is 17.8 Å². The summed E-state index contributed by atoms with van der Waals surface area (Å²) in [5, 5.41) is 11.8. The zero-order valence-corrected chi connectivity index (χ0v) is 25.0. The summed E-state index contributed by atoms with van der Waals surface area (Å²) in [6, 6.07) is -0.871. The number of rotatable bonds is 27. The molecule has 0 aromatic heterocycles. The van der Waals surface area contributed by atoms with Gasteiger partial charge in [0.05, 0.1) is 0 Å². The third-order valence-electron chi connectivity index (χ3n) is 6.75. The third kappa shape index (κ3) is 24.6. The van der Waals surface area contributed by atoms with E-state index in [1.54, 1.807) is 0 Å². The largest absolute Gasteiger partial charge is 0.480 e. The minimum absolute atomic E-state index is 0.0581. The second-order valence-electron chi connectivity index (χ2n) is 10.5. The highest BCUT2D eigenvalue weighted by molar-refractivity contribution is 5.83. The van der Waals surface area contributed by atoms with Crippen molar-refractivity contribution in [1.29, 1.82) is 0 Å². The molecule has 7 heteroatoms. The van der Waals surface area contributed by atoms with Crippen molar-refractivity contribution in [3.05, 3.63) is 24.3 Å². The molecule has 4 N–H and O–H groups in total. The Bertz CT molecular complexity index is 677. The lowest BCUT2D eigenvalue weighted by atomic mass is 10.0. The van der Waals surface area contributed by atoms with Gasteiger partial charge in [0.15, 0.2) is 0 Å². The molecule has 0 aliphatic carbocycles. The zero-order valence-electron chi connectivity index (χ0n) is 25.0. The minimum Gasteiger partial charge on any atom is -0.480 e. The first-order chi connectivity index (χ1) is 18.9. The van der Waals surface area contributed by atoms with Crippen molar-refractivity contribution in [1.82, 2.24) is 5.32 Å². The summed E-state index contributed by atoms with van der Waals surface area (Å²) in [4.78, 5) is 35.6. The van der Waals surface area contributed by atoms with Gasteiger partial charge in [0, 0.05) is 12.8 Å². The highest BCUT2D eigenvalue weighted by atomic mass is 16.5. The van der Waals surface area contributed by atoms with Gasteiger partial charge in [-0.05, 0) is 77.2 Å². The van der Waals surface area contributed by atoms with E-state index in [1.807, 2.05) is 0 Å². The molecule has 2 unspecified atom stereocenters. The number of carbonyl (C=O) groups excluding carboxylic acids is 2. The van der Waals surface area contributed by atoms with Gasteiger partial charge in [-0.2, -0.15) is 0 Å². The Morgan fingerprint density at radius 1 is 0.744 bits per heavy atom. The van der Waals surface area contributed by atoms with Crippen LogP contribution < -0.4 is 11.1 Å². The number of aliphatic carboxylic acids is 1. The molecule has 2 atom stereocenters. The Labute approximate surface area is 238 Å². The second-order valence-corrected chi connectivity index (χ2v) is 10.5. The van der Waals surface area contributed by atoms with Crippen molar-refractivity contribution in [2.75, 3.05) is 6.54 Å². The molecule has 0 spiro atoms. The molecule has 0 fully saturated rings. The zero-order chi connectivity index (χ0) is 29.0. The lowest BCUT2D eigenvalue weighted by molar-refractivity contribution is -0.150. The average Bonchev–Trinajstić information content (AvgIpc) is 2.90. The smallest absolute Gasteiger partial charge is 0.326 e. The first-order valence-electron chi connectivity index (χ1n) is 15.7. The predicted octanol–water partition coefficient (Wildman–Crippen LogP) is 7.38. The number of nitrogens with one attached hydrogen (secondary N) is 1. The first kappa shape index (κ1) is 36.8. The molecule has 0 bridgehead atoms. The molecule has 0 aliphatic heterocycles. The van der Waals surface area contributed by atoms with E-state index in [4.69, 9.17) is 10.5 Å². The van der Waals surface area contributed by atoms with E-state index in [9.17, 15) is 19.5 Å². The van der Waals surface area contributed by atoms with Gasteiger partial charge in [-0.15, -0.1) is 0 Å². The number of carboxylic acids is 1. The minimum atomic E-state index is -1.02. The molecular formula is C32H58N2O5. The Morgan fingerprint density at radius 3 is 2.05 bits per heavy atom. The Hall–Kier alpha value is -2.15. The van der Waals surface area contributed by atoms with E-state index in [0.717, 1.165) is 64.2 Å². The number of unbranched alkanes of at least 4 members (excludes halogenated alkanes) is 9. The van der Waals surface area contributed by atoms with E-state index in [1.165, 1.54) is 32.1 Å². The number of carbonyl (C=O) groups is 3. The van der Waals surface area contributed by atoms with E-state index >= 15 is 0 Å². The maximum Gasteiger partial charge on any atom is 0.326 e. The van der Waals surface area contributed by atoms with Crippen molar-refractivity contribution in [3.8, 4) is 0 Å². The molecule has 0 radical (unpaired) electrons. The Morgan fingerprint density at radius 2 is 1.38 bits per heavy atom. The van der Waals surface area contributed by atoms with Crippen molar-refractivity contribution in [2.45, 2.75) is 154 Å². The number of amides is 1. The van der Waals surface area contributed by atoms with Crippen LogP contribution in [0.3, 0.4) is 0 Å². The van der Waals surface area contributed by atoms with Crippen LogP contribution in [0.15, 0.2) is 24.3 Å². The van der Waals surface area contributed by atoms with Crippen molar-refractivity contribution < 1.29 is 24.2 Å². The van der Waals surface area contributed by atoms with Gasteiger partial charge in [-0.25, -0.2) is 4.79 Å². The van der Waals surface area contributed by atoms with Gasteiger partial charge in [-0.3, -0.25) is 9.59 Å². The summed E-state index contributed by atoms with van der Waals surface area (Å²) < 4.78 is 5.74. The molecule has 1 amide bonds. The number of nitrogens with two attached hydrogens (primary N) is 1. The molecule has 0 aromatic rings.